The third kappa shape index (κ3) is 2.70. The topological polar surface area (TPSA) is 55.8 Å². The zero-order valence-electron chi connectivity index (χ0n) is 11.1. The lowest BCUT2D eigenvalue weighted by Gasteiger charge is -2.22. The third-order valence-electron chi connectivity index (χ3n) is 3.37. The van der Waals surface area contributed by atoms with E-state index in [-0.39, 0.29) is 11.9 Å². The number of carbonyl (C=O) groups excluding carboxylic acids is 2. The summed E-state index contributed by atoms with van der Waals surface area (Å²) in [5.74, 6) is 1.36. The second kappa shape index (κ2) is 5.73. The van der Waals surface area contributed by atoms with E-state index >= 15 is 0 Å². The van der Waals surface area contributed by atoms with Crippen molar-refractivity contribution in [3.63, 3.8) is 0 Å². The Kier molecular flexibility index (Phi) is 4.04. The first-order valence-corrected chi connectivity index (χ1v) is 6.15. The molecule has 5 nitrogen and oxygen atoms in total. The van der Waals surface area contributed by atoms with Crippen molar-refractivity contribution in [2.45, 2.75) is 25.4 Å². The van der Waals surface area contributed by atoms with E-state index in [1.54, 1.807) is 25.2 Å². The molecule has 1 heterocycles. The molecule has 1 aliphatic heterocycles. The van der Waals surface area contributed by atoms with Crippen LogP contribution in [0.3, 0.4) is 0 Å². The monoisotopic (exact) mass is 263 g/mol. The maximum Gasteiger partial charge on any atom is 0.223 e. The van der Waals surface area contributed by atoms with Crippen molar-refractivity contribution in [2.24, 2.45) is 0 Å². The number of hydrogen-bond acceptors (Lipinski definition) is 4. The molecule has 0 radical (unpaired) electrons. The summed E-state index contributed by atoms with van der Waals surface area (Å²) in [5, 5.41) is 0. The molecule has 0 aliphatic carbocycles. The highest BCUT2D eigenvalue weighted by atomic mass is 16.5. The number of hydrogen-bond donors (Lipinski definition) is 0. The van der Waals surface area contributed by atoms with E-state index in [1.165, 1.54) is 0 Å². The van der Waals surface area contributed by atoms with Crippen LogP contribution in [0.4, 0.5) is 0 Å². The molecule has 0 saturated carbocycles. The van der Waals surface area contributed by atoms with Gasteiger partial charge in [-0.3, -0.25) is 4.79 Å². The third-order valence-corrected chi connectivity index (χ3v) is 3.37. The number of aldehydes is 1. The van der Waals surface area contributed by atoms with Gasteiger partial charge in [-0.1, -0.05) is 0 Å². The normalized spacial score (nSPS) is 18.5. The number of amides is 1. The molecule has 1 fully saturated rings. The van der Waals surface area contributed by atoms with Gasteiger partial charge in [0.1, 0.15) is 17.8 Å². The molecule has 0 aromatic heterocycles. The van der Waals surface area contributed by atoms with Crippen molar-refractivity contribution in [2.75, 3.05) is 14.2 Å². The van der Waals surface area contributed by atoms with Gasteiger partial charge in [0.15, 0.2) is 0 Å². The SMILES string of the molecule is COc1ccc(CN2C(=O)CC[C@H]2C=O)c(OC)c1. The fourth-order valence-electron chi connectivity index (χ4n) is 2.27. The first-order valence-electron chi connectivity index (χ1n) is 6.15. The quantitative estimate of drug-likeness (QED) is 0.753. The van der Waals surface area contributed by atoms with E-state index in [0.29, 0.717) is 30.9 Å². The van der Waals surface area contributed by atoms with E-state index in [0.717, 1.165) is 11.8 Å². The Morgan fingerprint density at radius 1 is 1.37 bits per heavy atom. The summed E-state index contributed by atoms with van der Waals surface area (Å²) < 4.78 is 10.4. The van der Waals surface area contributed by atoms with Crippen molar-refractivity contribution in [1.82, 2.24) is 4.90 Å². The minimum absolute atomic E-state index is 0.00923. The minimum Gasteiger partial charge on any atom is -0.497 e. The lowest BCUT2D eigenvalue weighted by Crippen LogP contribution is -2.33. The summed E-state index contributed by atoms with van der Waals surface area (Å²) >= 11 is 0. The highest BCUT2D eigenvalue weighted by Gasteiger charge is 2.31. The molecule has 1 aromatic carbocycles. The Morgan fingerprint density at radius 2 is 2.16 bits per heavy atom. The van der Waals surface area contributed by atoms with Gasteiger partial charge in [-0.15, -0.1) is 0 Å². The van der Waals surface area contributed by atoms with Crippen LogP contribution in [0, 0.1) is 0 Å². The number of ether oxygens (including phenoxy) is 2. The Labute approximate surface area is 112 Å². The first kappa shape index (κ1) is 13.4. The minimum atomic E-state index is -0.320. The second-order valence-electron chi connectivity index (χ2n) is 4.44. The van der Waals surface area contributed by atoms with E-state index in [9.17, 15) is 9.59 Å². The van der Waals surface area contributed by atoms with Crippen molar-refractivity contribution >= 4 is 12.2 Å². The molecule has 2 rings (SSSR count). The van der Waals surface area contributed by atoms with Crippen LogP contribution in [-0.2, 0) is 16.1 Å². The van der Waals surface area contributed by atoms with Crippen LogP contribution in [0.1, 0.15) is 18.4 Å². The summed E-state index contributed by atoms with van der Waals surface area (Å²) in [6.45, 7) is 0.384. The molecule has 102 valence electrons. The molecule has 0 N–H and O–H groups in total. The molecule has 5 heteroatoms. The maximum absolute atomic E-state index is 11.8. The number of rotatable bonds is 5. The van der Waals surface area contributed by atoms with Gasteiger partial charge in [-0.2, -0.15) is 0 Å². The average molecular weight is 263 g/mol. The van der Waals surface area contributed by atoms with Crippen LogP contribution in [0.15, 0.2) is 18.2 Å². The molecular weight excluding hydrogens is 246 g/mol. The van der Waals surface area contributed by atoms with E-state index in [2.05, 4.69) is 0 Å². The Bertz CT molecular complexity index is 486. The molecule has 1 aromatic rings. The van der Waals surface area contributed by atoms with Gasteiger partial charge in [0.05, 0.1) is 26.8 Å². The number of nitrogens with zero attached hydrogens (tertiary/aromatic N) is 1. The van der Waals surface area contributed by atoms with Crippen LogP contribution in [-0.4, -0.2) is 37.4 Å². The number of likely N-dealkylation sites (tertiary alicyclic amines) is 1. The molecule has 1 aliphatic rings. The van der Waals surface area contributed by atoms with Crippen LogP contribution in [0.2, 0.25) is 0 Å². The molecule has 1 amide bonds. The molecule has 19 heavy (non-hydrogen) atoms. The number of carbonyl (C=O) groups is 2. The molecular formula is C14H17NO4. The predicted octanol–water partition coefficient (Wildman–Crippen LogP) is 1.39. The Morgan fingerprint density at radius 3 is 2.79 bits per heavy atom. The van der Waals surface area contributed by atoms with Gasteiger partial charge < -0.3 is 19.2 Å². The van der Waals surface area contributed by atoms with Gasteiger partial charge in [0.25, 0.3) is 0 Å². The van der Waals surface area contributed by atoms with Gasteiger partial charge in [0.2, 0.25) is 5.91 Å². The van der Waals surface area contributed by atoms with Gasteiger partial charge >= 0.3 is 0 Å². The van der Waals surface area contributed by atoms with E-state index in [1.807, 2.05) is 12.1 Å². The summed E-state index contributed by atoms with van der Waals surface area (Å²) in [5.41, 5.74) is 0.866. The highest BCUT2D eigenvalue weighted by Crippen LogP contribution is 2.28. The lowest BCUT2D eigenvalue weighted by atomic mass is 10.1. The number of benzene rings is 1. The Hall–Kier alpha value is -2.04. The maximum atomic E-state index is 11.8. The summed E-state index contributed by atoms with van der Waals surface area (Å²) in [6, 6.07) is 5.12. The molecule has 0 spiro atoms. The molecule has 1 saturated heterocycles. The largest absolute Gasteiger partial charge is 0.497 e. The van der Waals surface area contributed by atoms with Gasteiger partial charge in [-0.05, 0) is 18.6 Å². The van der Waals surface area contributed by atoms with Gasteiger partial charge in [-0.25, -0.2) is 0 Å². The molecule has 1 atom stereocenters. The van der Waals surface area contributed by atoms with Crippen molar-refractivity contribution in [3.05, 3.63) is 23.8 Å². The molecule has 0 unspecified atom stereocenters. The summed E-state index contributed by atoms with van der Waals surface area (Å²) in [4.78, 5) is 24.3. The predicted molar refractivity (Wildman–Crippen MR) is 69.2 cm³/mol. The zero-order chi connectivity index (χ0) is 13.8. The summed E-state index contributed by atoms with van der Waals surface area (Å²) in [7, 11) is 3.15. The lowest BCUT2D eigenvalue weighted by molar-refractivity contribution is -0.131. The van der Waals surface area contributed by atoms with Crippen molar-refractivity contribution in [1.29, 1.82) is 0 Å². The highest BCUT2D eigenvalue weighted by molar-refractivity contribution is 5.83. The van der Waals surface area contributed by atoms with E-state index in [4.69, 9.17) is 9.47 Å². The standard InChI is InChI=1S/C14H17NO4/c1-18-12-5-3-10(13(7-12)19-2)8-15-11(9-16)4-6-14(15)17/h3,5,7,9,11H,4,6,8H2,1-2H3/t11-/m0/s1. The fraction of sp³-hybridized carbons (Fsp3) is 0.429. The number of methoxy groups -OCH3 is 2. The average Bonchev–Trinajstić information content (AvgIpc) is 2.80. The first-order chi connectivity index (χ1) is 9.19. The van der Waals surface area contributed by atoms with Crippen LogP contribution in [0.25, 0.3) is 0 Å². The zero-order valence-corrected chi connectivity index (χ0v) is 11.1. The van der Waals surface area contributed by atoms with E-state index < -0.39 is 0 Å². The smallest absolute Gasteiger partial charge is 0.223 e. The van der Waals surface area contributed by atoms with Crippen LogP contribution >= 0.6 is 0 Å². The fourth-order valence-corrected chi connectivity index (χ4v) is 2.27. The second-order valence-corrected chi connectivity index (χ2v) is 4.44. The molecule has 0 bridgehead atoms. The van der Waals surface area contributed by atoms with Crippen molar-refractivity contribution < 1.29 is 19.1 Å². The summed E-state index contributed by atoms with van der Waals surface area (Å²) in [6.07, 6.45) is 1.86. The van der Waals surface area contributed by atoms with Crippen molar-refractivity contribution in [3.8, 4) is 11.5 Å². The Balaban J connectivity index is 2.22. The van der Waals surface area contributed by atoms with Gasteiger partial charge in [0, 0.05) is 18.1 Å². The van der Waals surface area contributed by atoms with Crippen LogP contribution in [0.5, 0.6) is 11.5 Å². The van der Waals surface area contributed by atoms with Crippen LogP contribution < -0.4 is 9.47 Å².